The van der Waals surface area contributed by atoms with Crippen molar-refractivity contribution in [3.05, 3.63) is 70.7 Å². The van der Waals surface area contributed by atoms with E-state index in [1.165, 1.54) is 12.8 Å². The average molecular weight is 524 g/mol. The Morgan fingerprint density at radius 2 is 1.73 bits per heavy atom. The fourth-order valence-electron chi connectivity index (χ4n) is 6.61. The molecule has 2 amide bonds. The van der Waals surface area contributed by atoms with E-state index in [1.54, 1.807) is 0 Å². The molecule has 0 aromatic heterocycles. The number of carbonyl (C=O) groups is 2. The SMILES string of the molecule is O=C(CN1CCC[C@]2(C[C@@H](O)[C@H](c3ccccc3)N(Cc3cccc(Cl)c3)C2=O)C1)N1CCCCCC1. The first-order chi connectivity index (χ1) is 17.9. The molecule has 3 aliphatic heterocycles. The summed E-state index contributed by atoms with van der Waals surface area (Å²) < 4.78 is 0. The molecule has 6 nitrogen and oxygen atoms in total. The van der Waals surface area contributed by atoms with Gasteiger partial charge in [0.05, 0.1) is 24.1 Å². The number of halogens is 1. The van der Waals surface area contributed by atoms with Gasteiger partial charge in [-0.25, -0.2) is 0 Å². The summed E-state index contributed by atoms with van der Waals surface area (Å²) in [7, 11) is 0. The van der Waals surface area contributed by atoms with Crippen LogP contribution in [0.4, 0.5) is 0 Å². The Hall–Kier alpha value is -2.41. The first-order valence-corrected chi connectivity index (χ1v) is 14.1. The number of likely N-dealkylation sites (tertiary alicyclic amines) is 3. The number of amides is 2. The minimum absolute atomic E-state index is 0.0681. The van der Waals surface area contributed by atoms with E-state index in [9.17, 15) is 14.7 Å². The van der Waals surface area contributed by atoms with Gasteiger partial charge in [-0.05, 0) is 61.9 Å². The van der Waals surface area contributed by atoms with Crippen LogP contribution in [-0.4, -0.2) is 70.4 Å². The van der Waals surface area contributed by atoms with Gasteiger partial charge in [-0.3, -0.25) is 14.5 Å². The van der Waals surface area contributed by atoms with Gasteiger partial charge in [0.25, 0.3) is 0 Å². The predicted molar refractivity (Wildman–Crippen MR) is 145 cm³/mol. The van der Waals surface area contributed by atoms with E-state index < -0.39 is 17.6 Å². The van der Waals surface area contributed by atoms with E-state index in [-0.39, 0.29) is 11.8 Å². The van der Waals surface area contributed by atoms with Crippen LogP contribution in [-0.2, 0) is 16.1 Å². The maximum atomic E-state index is 14.4. The van der Waals surface area contributed by atoms with Crippen molar-refractivity contribution in [3.63, 3.8) is 0 Å². The number of rotatable bonds is 5. The maximum absolute atomic E-state index is 14.4. The van der Waals surface area contributed by atoms with Crippen LogP contribution in [0.5, 0.6) is 0 Å². The van der Waals surface area contributed by atoms with Crippen molar-refractivity contribution in [2.45, 2.75) is 63.6 Å². The van der Waals surface area contributed by atoms with Crippen molar-refractivity contribution in [1.82, 2.24) is 14.7 Å². The zero-order valence-corrected chi connectivity index (χ0v) is 22.3. The molecule has 7 heteroatoms. The van der Waals surface area contributed by atoms with E-state index >= 15 is 0 Å². The quantitative estimate of drug-likeness (QED) is 0.619. The molecule has 0 aliphatic carbocycles. The fourth-order valence-corrected chi connectivity index (χ4v) is 6.82. The topological polar surface area (TPSA) is 64.1 Å². The van der Waals surface area contributed by atoms with Gasteiger partial charge in [-0.2, -0.15) is 0 Å². The Morgan fingerprint density at radius 1 is 0.973 bits per heavy atom. The van der Waals surface area contributed by atoms with E-state index in [0.717, 1.165) is 56.4 Å². The Kier molecular flexibility index (Phi) is 8.18. The number of hydrogen-bond donors (Lipinski definition) is 1. The van der Waals surface area contributed by atoms with Gasteiger partial charge >= 0.3 is 0 Å². The van der Waals surface area contributed by atoms with Crippen LogP contribution in [0.15, 0.2) is 54.6 Å². The fraction of sp³-hybridized carbons (Fsp3) is 0.533. The van der Waals surface area contributed by atoms with Gasteiger partial charge in [0.2, 0.25) is 11.8 Å². The van der Waals surface area contributed by atoms with Gasteiger partial charge in [0.15, 0.2) is 0 Å². The molecule has 0 unspecified atom stereocenters. The highest BCUT2D eigenvalue weighted by molar-refractivity contribution is 6.30. The summed E-state index contributed by atoms with van der Waals surface area (Å²) in [6, 6.07) is 17.0. The van der Waals surface area contributed by atoms with Crippen molar-refractivity contribution in [1.29, 1.82) is 0 Å². The van der Waals surface area contributed by atoms with Crippen molar-refractivity contribution in [2.24, 2.45) is 5.41 Å². The van der Waals surface area contributed by atoms with E-state index in [1.807, 2.05) is 64.4 Å². The summed E-state index contributed by atoms with van der Waals surface area (Å²) in [6.45, 7) is 3.71. The Bertz CT molecular complexity index is 1090. The minimum atomic E-state index is -0.694. The second-order valence-corrected chi connectivity index (χ2v) is 11.5. The highest BCUT2D eigenvalue weighted by atomic mass is 35.5. The second kappa shape index (κ2) is 11.5. The van der Waals surface area contributed by atoms with Crippen molar-refractivity contribution < 1.29 is 14.7 Å². The lowest BCUT2D eigenvalue weighted by atomic mass is 9.69. The number of carbonyl (C=O) groups excluding carboxylic acids is 2. The summed E-state index contributed by atoms with van der Waals surface area (Å²) in [4.78, 5) is 33.5. The summed E-state index contributed by atoms with van der Waals surface area (Å²) in [5.74, 6) is 0.235. The molecule has 3 atom stereocenters. The lowest BCUT2D eigenvalue weighted by Gasteiger charge is -2.52. The molecule has 5 rings (SSSR count). The highest BCUT2D eigenvalue weighted by Gasteiger charge is 2.53. The molecule has 37 heavy (non-hydrogen) atoms. The minimum Gasteiger partial charge on any atom is -0.391 e. The maximum Gasteiger partial charge on any atom is 0.236 e. The third-order valence-electron chi connectivity index (χ3n) is 8.37. The number of aliphatic hydroxyl groups excluding tert-OH is 1. The second-order valence-electron chi connectivity index (χ2n) is 11.1. The Morgan fingerprint density at radius 3 is 2.46 bits per heavy atom. The molecule has 0 bridgehead atoms. The number of piperidine rings is 2. The Labute approximate surface area is 225 Å². The number of hydrogen-bond acceptors (Lipinski definition) is 4. The van der Waals surface area contributed by atoms with Gasteiger partial charge in [-0.15, -0.1) is 0 Å². The third-order valence-corrected chi connectivity index (χ3v) is 8.61. The van der Waals surface area contributed by atoms with E-state index in [0.29, 0.717) is 31.1 Å². The predicted octanol–water partition coefficient (Wildman–Crippen LogP) is 4.66. The van der Waals surface area contributed by atoms with E-state index in [2.05, 4.69) is 4.90 Å². The van der Waals surface area contributed by atoms with Crippen LogP contribution < -0.4 is 0 Å². The molecule has 1 N–H and O–H groups in total. The van der Waals surface area contributed by atoms with E-state index in [4.69, 9.17) is 11.6 Å². The summed E-state index contributed by atoms with van der Waals surface area (Å²) in [6.07, 6.45) is 5.80. The zero-order valence-electron chi connectivity index (χ0n) is 21.5. The Balaban J connectivity index is 1.39. The summed E-state index contributed by atoms with van der Waals surface area (Å²) >= 11 is 6.27. The van der Waals surface area contributed by atoms with Crippen LogP contribution in [0.25, 0.3) is 0 Å². The smallest absolute Gasteiger partial charge is 0.236 e. The molecule has 0 radical (unpaired) electrons. The van der Waals surface area contributed by atoms with Crippen LogP contribution in [0.1, 0.15) is 62.1 Å². The van der Waals surface area contributed by atoms with Crippen LogP contribution in [0.2, 0.25) is 5.02 Å². The van der Waals surface area contributed by atoms with Gasteiger partial charge < -0.3 is 14.9 Å². The average Bonchev–Trinajstić information content (AvgIpc) is 3.18. The van der Waals surface area contributed by atoms with Gasteiger partial charge in [0.1, 0.15) is 0 Å². The van der Waals surface area contributed by atoms with Crippen LogP contribution in [0.3, 0.4) is 0 Å². The lowest BCUT2D eigenvalue weighted by molar-refractivity contribution is -0.167. The summed E-state index contributed by atoms with van der Waals surface area (Å²) in [5, 5.41) is 12.2. The van der Waals surface area contributed by atoms with Gasteiger partial charge in [-0.1, -0.05) is 66.9 Å². The van der Waals surface area contributed by atoms with Crippen LogP contribution in [0, 0.1) is 5.41 Å². The molecule has 1 spiro atoms. The monoisotopic (exact) mass is 523 g/mol. The number of nitrogens with zero attached hydrogens (tertiary/aromatic N) is 3. The van der Waals surface area contributed by atoms with Gasteiger partial charge in [0, 0.05) is 31.2 Å². The molecule has 3 aliphatic rings. The molecule has 3 fully saturated rings. The molecular formula is C30H38ClN3O3. The normalized spacial score (nSPS) is 27.4. The highest BCUT2D eigenvalue weighted by Crippen LogP contribution is 2.46. The molecular weight excluding hydrogens is 486 g/mol. The molecule has 198 valence electrons. The molecule has 3 saturated heterocycles. The molecule has 0 saturated carbocycles. The molecule has 3 heterocycles. The molecule has 2 aromatic rings. The largest absolute Gasteiger partial charge is 0.391 e. The zero-order chi connectivity index (χ0) is 25.8. The van der Waals surface area contributed by atoms with Crippen molar-refractivity contribution >= 4 is 23.4 Å². The first-order valence-electron chi connectivity index (χ1n) is 13.7. The summed E-state index contributed by atoms with van der Waals surface area (Å²) in [5.41, 5.74) is 1.18. The first kappa shape index (κ1) is 26.2. The van der Waals surface area contributed by atoms with Crippen molar-refractivity contribution in [3.8, 4) is 0 Å². The third kappa shape index (κ3) is 5.87. The lowest BCUT2D eigenvalue weighted by Crippen LogP contribution is -2.61. The standard InChI is InChI=1S/C30H38ClN3O3/c31-25-13-8-10-23(18-25)20-34-28(24-11-4-3-5-12-24)26(35)19-30(29(34)37)14-9-15-32(22-30)21-27(36)33-16-6-1-2-7-17-33/h3-5,8,10-13,18,26,28,35H,1-2,6-7,9,14-17,19-22H2/t26-,28+,30+/m1/s1. The van der Waals surface area contributed by atoms with Crippen LogP contribution >= 0.6 is 11.6 Å². The number of aliphatic hydroxyl groups is 1. The molecule has 2 aromatic carbocycles. The number of benzene rings is 2. The van der Waals surface area contributed by atoms with Crippen molar-refractivity contribution in [2.75, 3.05) is 32.7 Å².